The van der Waals surface area contributed by atoms with Gasteiger partial charge in [0.25, 0.3) is 0 Å². The summed E-state index contributed by atoms with van der Waals surface area (Å²) in [6.45, 7) is 8.53. The summed E-state index contributed by atoms with van der Waals surface area (Å²) in [5.41, 5.74) is 0.653. The Morgan fingerprint density at radius 3 is 2.48 bits per heavy atom. The molecule has 0 aromatic heterocycles. The SMILES string of the molecule is C[C@@H]1CCC[N+]1(C(=O)NCCCc1ccccc1)C(=O)OC(C)(C)C. The molecule has 1 saturated heterocycles. The predicted octanol–water partition coefficient (Wildman–Crippen LogP) is 4.26. The molecule has 2 rings (SSSR count). The van der Waals surface area contributed by atoms with Crippen LogP contribution in [0, 0.1) is 0 Å². The molecule has 0 spiro atoms. The number of benzene rings is 1. The third-order valence-corrected chi connectivity index (χ3v) is 4.73. The maximum absolute atomic E-state index is 12.9. The Morgan fingerprint density at radius 2 is 1.92 bits per heavy atom. The number of imide groups is 1. The standard InChI is InChI=1S/C20H30N2O3/c1-16-10-9-15-22(16,19(24)25-20(2,3)4)18(23)21-14-8-13-17-11-6-5-7-12-17/h5-7,11-12,16H,8-10,13-15H2,1-4H3/p+1/t16-,22?/m1/s1. The molecule has 1 unspecified atom stereocenters. The number of rotatable bonds is 4. The molecule has 0 radical (unpaired) electrons. The second-order valence-electron chi connectivity index (χ2n) is 7.89. The normalized spacial score (nSPS) is 23.3. The summed E-state index contributed by atoms with van der Waals surface area (Å²) < 4.78 is 5.33. The van der Waals surface area contributed by atoms with Gasteiger partial charge in [0.1, 0.15) is 11.6 Å². The number of carbonyl (C=O) groups is 2. The first-order valence-electron chi connectivity index (χ1n) is 9.19. The molecule has 1 aromatic carbocycles. The molecule has 1 heterocycles. The summed E-state index contributed by atoms with van der Waals surface area (Å²) in [4.78, 5) is 25.7. The minimum absolute atomic E-state index is 0.0519. The zero-order valence-electron chi connectivity index (χ0n) is 15.9. The maximum atomic E-state index is 12.9. The molecule has 1 aliphatic rings. The van der Waals surface area contributed by atoms with Crippen LogP contribution in [0.4, 0.5) is 9.59 Å². The Balaban J connectivity index is 1.96. The fraction of sp³-hybridized carbons (Fsp3) is 0.600. The molecule has 138 valence electrons. The molecule has 1 fully saturated rings. The van der Waals surface area contributed by atoms with E-state index in [0.29, 0.717) is 13.1 Å². The number of hydrogen-bond acceptors (Lipinski definition) is 3. The number of nitrogens with one attached hydrogen (secondary N) is 1. The van der Waals surface area contributed by atoms with Crippen molar-refractivity contribution in [1.82, 2.24) is 5.32 Å². The van der Waals surface area contributed by atoms with Crippen molar-refractivity contribution < 1.29 is 18.8 Å². The highest BCUT2D eigenvalue weighted by Gasteiger charge is 2.55. The number of urea groups is 1. The molecule has 1 aromatic rings. The largest absolute Gasteiger partial charge is 0.525 e. The van der Waals surface area contributed by atoms with Gasteiger partial charge in [0, 0.05) is 19.4 Å². The van der Waals surface area contributed by atoms with Crippen molar-refractivity contribution in [3.05, 3.63) is 35.9 Å². The molecule has 5 heteroatoms. The van der Waals surface area contributed by atoms with Crippen LogP contribution in [0.2, 0.25) is 0 Å². The van der Waals surface area contributed by atoms with E-state index in [4.69, 9.17) is 4.74 Å². The highest BCUT2D eigenvalue weighted by molar-refractivity contribution is 5.80. The number of aryl methyl sites for hydroxylation is 1. The first-order valence-corrected chi connectivity index (χ1v) is 9.19. The van der Waals surface area contributed by atoms with Gasteiger partial charge in [-0.1, -0.05) is 30.3 Å². The minimum atomic E-state index is -0.599. The van der Waals surface area contributed by atoms with Crippen molar-refractivity contribution in [2.45, 2.75) is 65.0 Å². The highest BCUT2D eigenvalue weighted by Crippen LogP contribution is 2.30. The molecular weight excluding hydrogens is 316 g/mol. The van der Waals surface area contributed by atoms with Gasteiger partial charge in [-0.25, -0.2) is 4.79 Å². The van der Waals surface area contributed by atoms with Crippen LogP contribution in [-0.4, -0.2) is 41.3 Å². The number of amides is 3. The molecule has 0 saturated carbocycles. The Kier molecular flexibility index (Phi) is 6.22. The first kappa shape index (κ1) is 19.4. The van der Waals surface area contributed by atoms with Gasteiger partial charge < -0.3 is 10.1 Å². The maximum Gasteiger partial charge on any atom is 0.525 e. The zero-order chi connectivity index (χ0) is 18.5. The molecule has 1 aliphatic heterocycles. The fourth-order valence-electron chi connectivity index (χ4n) is 3.35. The van der Waals surface area contributed by atoms with Crippen LogP contribution in [0.15, 0.2) is 30.3 Å². The summed E-state index contributed by atoms with van der Waals surface area (Å²) >= 11 is 0. The van der Waals surface area contributed by atoms with Crippen molar-refractivity contribution in [3.63, 3.8) is 0 Å². The third kappa shape index (κ3) is 4.82. The van der Waals surface area contributed by atoms with Gasteiger partial charge in [0.05, 0.1) is 6.54 Å². The minimum Gasteiger partial charge on any atom is -0.414 e. The van der Waals surface area contributed by atoms with Crippen LogP contribution in [0.25, 0.3) is 0 Å². The van der Waals surface area contributed by atoms with Crippen LogP contribution in [-0.2, 0) is 11.2 Å². The Hall–Kier alpha value is -1.88. The Morgan fingerprint density at radius 1 is 1.24 bits per heavy atom. The summed E-state index contributed by atoms with van der Waals surface area (Å²) in [7, 11) is 0. The van der Waals surface area contributed by atoms with Crippen molar-refractivity contribution in [1.29, 1.82) is 0 Å². The first-order chi connectivity index (χ1) is 11.8. The molecule has 2 atom stereocenters. The topological polar surface area (TPSA) is 55.4 Å². The van der Waals surface area contributed by atoms with Gasteiger partial charge in [-0.2, -0.15) is 4.79 Å². The van der Waals surface area contributed by atoms with E-state index in [2.05, 4.69) is 17.4 Å². The van der Waals surface area contributed by atoms with Gasteiger partial charge in [0.2, 0.25) is 0 Å². The molecular formula is C20H31N2O3+. The number of nitrogens with zero attached hydrogens (tertiary/aromatic N) is 1. The number of carbonyl (C=O) groups excluding carboxylic acids is 2. The van der Waals surface area contributed by atoms with Crippen molar-refractivity contribution in [2.24, 2.45) is 0 Å². The Bertz CT molecular complexity index is 595. The van der Waals surface area contributed by atoms with Crippen molar-refractivity contribution in [3.8, 4) is 0 Å². The number of likely N-dealkylation sites (tertiary alicyclic amines) is 1. The monoisotopic (exact) mass is 347 g/mol. The lowest BCUT2D eigenvalue weighted by Crippen LogP contribution is -2.63. The summed E-state index contributed by atoms with van der Waals surface area (Å²) in [6.07, 6.45) is 3.04. The summed E-state index contributed by atoms with van der Waals surface area (Å²) in [5.74, 6) is 0. The van der Waals surface area contributed by atoms with Crippen LogP contribution < -0.4 is 5.32 Å². The third-order valence-electron chi connectivity index (χ3n) is 4.73. The molecule has 0 bridgehead atoms. The smallest absolute Gasteiger partial charge is 0.414 e. The van der Waals surface area contributed by atoms with E-state index in [1.807, 2.05) is 45.9 Å². The van der Waals surface area contributed by atoms with E-state index < -0.39 is 11.7 Å². The molecule has 0 aliphatic carbocycles. The van der Waals surface area contributed by atoms with Crippen LogP contribution in [0.1, 0.15) is 52.5 Å². The van der Waals surface area contributed by atoms with E-state index in [9.17, 15) is 9.59 Å². The lowest BCUT2D eigenvalue weighted by atomic mass is 10.1. The second-order valence-corrected chi connectivity index (χ2v) is 7.89. The van der Waals surface area contributed by atoms with E-state index in [-0.39, 0.29) is 16.6 Å². The van der Waals surface area contributed by atoms with Crippen molar-refractivity contribution in [2.75, 3.05) is 13.1 Å². The van der Waals surface area contributed by atoms with E-state index in [1.54, 1.807) is 0 Å². The average molecular weight is 347 g/mol. The van der Waals surface area contributed by atoms with Crippen LogP contribution in [0.5, 0.6) is 0 Å². The summed E-state index contributed by atoms with van der Waals surface area (Å²) in [6, 6.07) is 9.91. The molecule has 1 N–H and O–H groups in total. The zero-order valence-corrected chi connectivity index (χ0v) is 15.9. The van der Waals surface area contributed by atoms with Crippen molar-refractivity contribution >= 4 is 12.1 Å². The fourth-order valence-corrected chi connectivity index (χ4v) is 3.35. The number of ether oxygens (including phenoxy) is 1. The quantitative estimate of drug-likeness (QED) is 0.654. The van der Waals surface area contributed by atoms with Gasteiger partial charge in [-0.3, -0.25) is 0 Å². The Labute approximate surface area is 150 Å². The van der Waals surface area contributed by atoms with E-state index in [0.717, 1.165) is 25.7 Å². The van der Waals surface area contributed by atoms with Gasteiger partial charge in [-0.15, -0.1) is 4.48 Å². The number of quaternary nitrogens is 1. The highest BCUT2D eigenvalue weighted by atomic mass is 16.6. The van der Waals surface area contributed by atoms with Gasteiger partial charge in [-0.05, 0) is 46.1 Å². The van der Waals surface area contributed by atoms with Gasteiger partial charge >= 0.3 is 12.1 Å². The molecule has 5 nitrogen and oxygen atoms in total. The lowest BCUT2D eigenvalue weighted by Gasteiger charge is -2.33. The lowest BCUT2D eigenvalue weighted by molar-refractivity contribution is -0.789. The van der Waals surface area contributed by atoms with Crippen LogP contribution >= 0.6 is 0 Å². The van der Waals surface area contributed by atoms with Crippen LogP contribution in [0.3, 0.4) is 0 Å². The van der Waals surface area contributed by atoms with E-state index >= 15 is 0 Å². The van der Waals surface area contributed by atoms with Gasteiger partial charge in [0.15, 0.2) is 0 Å². The molecule has 3 amide bonds. The summed E-state index contributed by atoms with van der Waals surface area (Å²) in [5, 5.41) is 2.97. The number of hydrogen-bond donors (Lipinski definition) is 1. The average Bonchev–Trinajstić information content (AvgIpc) is 2.93. The molecule has 25 heavy (non-hydrogen) atoms. The van der Waals surface area contributed by atoms with E-state index in [1.165, 1.54) is 5.56 Å². The second kappa shape index (κ2) is 8.00. The predicted molar refractivity (Wildman–Crippen MR) is 98.2 cm³/mol.